The standard InChI is InChI=1S/C12H8F2N2O5/c13-12(14)20-8-3-1-7(2-4-8)15-11(17)9-5-6-10(21-9)16(18)19/h1-6,12H,(H,15,17). The third-order valence-electron chi connectivity index (χ3n) is 2.33. The van der Waals surface area contributed by atoms with Crippen LogP contribution in [0.2, 0.25) is 0 Å². The largest absolute Gasteiger partial charge is 0.435 e. The summed E-state index contributed by atoms with van der Waals surface area (Å²) in [6, 6.07) is 7.37. The zero-order chi connectivity index (χ0) is 15.4. The van der Waals surface area contributed by atoms with Crippen LogP contribution in [-0.4, -0.2) is 17.4 Å². The van der Waals surface area contributed by atoms with Crippen molar-refractivity contribution in [3.8, 4) is 5.75 Å². The number of hydrogen-bond acceptors (Lipinski definition) is 5. The summed E-state index contributed by atoms with van der Waals surface area (Å²) < 4.78 is 32.8. The molecule has 9 heteroatoms. The van der Waals surface area contributed by atoms with Crippen LogP contribution in [0.4, 0.5) is 20.4 Å². The number of carbonyl (C=O) groups excluding carboxylic acids is 1. The zero-order valence-electron chi connectivity index (χ0n) is 10.3. The molecule has 2 rings (SSSR count). The predicted octanol–water partition coefficient (Wildman–Crippen LogP) is 3.04. The highest BCUT2D eigenvalue weighted by Gasteiger charge is 2.17. The fraction of sp³-hybridized carbons (Fsp3) is 0.0833. The number of nitro groups is 1. The molecule has 0 saturated heterocycles. The van der Waals surface area contributed by atoms with Gasteiger partial charge in [0, 0.05) is 5.69 Å². The molecule has 0 saturated carbocycles. The molecule has 1 aromatic heterocycles. The van der Waals surface area contributed by atoms with Crippen LogP contribution < -0.4 is 10.1 Å². The summed E-state index contributed by atoms with van der Waals surface area (Å²) >= 11 is 0. The van der Waals surface area contributed by atoms with Crippen molar-refractivity contribution in [2.24, 2.45) is 0 Å². The third-order valence-corrected chi connectivity index (χ3v) is 2.33. The number of benzene rings is 1. The first-order chi connectivity index (χ1) is 9.95. The average molecular weight is 298 g/mol. The molecule has 1 heterocycles. The van der Waals surface area contributed by atoms with Crippen molar-refractivity contribution in [3.63, 3.8) is 0 Å². The van der Waals surface area contributed by atoms with Gasteiger partial charge in [-0.05, 0) is 30.3 Å². The summed E-state index contributed by atoms with van der Waals surface area (Å²) in [7, 11) is 0. The van der Waals surface area contributed by atoms with Gasteiger partial charge in [-0.25, -0.2) is 0 Å². The highest BCUT2D eigenvalue weighted by atomic mass is 19.3. The van der Waals surface area contributed by atoms with Crippen LogP contribution in [-0.2, 0) is 0 Å². The van der Waals surface area contributed by atoms with Crippen molar-refractivity contribution >= 4 is 17.5 Å². The number of alkyl halides is 2. The first-order valence-electron chi connectivity index (χ1n) is 5.56. The lowest BCUT2D eigenvalue weighted by Gasteiger charge is -2.06. The minimum absolute atomic E-state index is 0.0587. The monoisotopic (exact) mass is 298 g/mol. The van der Waals surface area contributed by atoms with Gasteiger partial charge in [-0.15, -0.1) is 0 Å². The Balaban J connectivity index is 2.03. The van der Waals surface area contributed by atoms with Crippen LogP contribution in [0.5, 0.6) is 5.75 Å². The van der Waals surface area contributed by atoms with Gasteiger partial charge in [-0.2, -0.15) is 8.78 Å². The second kappa shape index (κ2) is 5.99. The number of carbonyl (C=O) groups is 1. The molecule has 0 unspecified atom stereocenters. The van der Waals surface area contributed by atoms with E-state index in [1.54, 1.807) is 0 Å². The van der Waals surface area contributed by atoms with Crippen molar-refractivity contribution in [3.05, 3.63) is 52.3 Å². The van der Waals surface area contributed by atoms with Gasteiger partial charge in [0.1, 0.15) is 10.7 Å². The van der Waals surface area contributed by atoms with E-state index in [4.69, 9.17) is 4.42 Å². The molecule has 7 nitrogen and oxygen atoms in total. The van der Waals surface area contributed by atoms with E-state index in [2.05, 4.69) is 10.1 Å². The van der Waals surface area contributed by atoms with Gasteiger partial charge in [0.15, 0.2) is 5.76 Å². The molecule has 0 bridgehead atoms. The smallest absolute Gasteiger partial charge is 0.433 e. The number of amides is 1. The van der Waals surface area contributed by atoms with Crippen molar-refractivity contribution in [1.82, 2.24) is 0 Å². The Bertz CT molecular complexity index is 654. The Morgan fingerprint density at radius 3 is 2.43 bits per heavy atom. The lowest BCUT2D eigenvalue weighted by Crippen LogP contribution is -2.10. The van der Waals surface area contributed by atoms with E-state index in [1.165, 1.54) is 24.3 Å². The van der Waals surface area contributed by atoms with Gasteiger partial charge in [0.05, 0.1) is 6.07 Å². The Labute approximate surface area is 116 Å². The molecule has 0 aliphatic rings. The molecule has 0 aliphatic heterocycles. The van der Waals surface area contributed by atoms with E-state index in [9.17, 15) is 23.7 Å². The zero-order valence-corrected chi connectivity index (χ0v) is 10.3. The second-order valence-electron chi connectivity index (χ2n) is 3.75. The van der Waals surface area contributed by atoms with E-state index < -0.39 is 23.3 Å². The molecule has 0 spiro atoms. The number of rotatable bonds is 5. The molecule has 0 atom stereocenters. The van der Waals surface area contributed by atoms with Gasteiger partial charge in [0.25, 0.3) is 5.91 Å². The average Bonchev–Trinajstić information content (AvgIpc) is 2.90. The molecule has 1 amide bonds. The van der Waals surface area contributed by atoms with Crippen LogP contribution in [0.15, 0.2) is 40.8 Å². The van der Waals surface area contributed by atoms with E-state index in [0.717, 1.165) is 12.1 Å². The Morgan fingerprint density at radius 1 is 1.24 bits per heavy atom. The van der Waals surface area contributed by atoms with Crippen molar-refractivity contribution in [1.29, 1.82) is 0 Å². The number of hydrogen-bond donors (Lipinski definition) is 1. The van der Waals surface area contributed by atoms with Crippen LogP contribution in [0.25, 0.3) is 0 Å². The minimum Gasteiger partial charge on any atom is -0.435 e. The third kappa shape index (κ3) is 3.75. The summed E-state index contributed by atoms with van der Waals surface area (Å²) in [5.41, 5.74) is 0.292. The summed E-state index contributed by atoms with van der Waals surface area (Å²) in [5, 5.41) is 12.8. The molecular formula is C12H8F2N2O5. The van der Waals surface area contributed by atoms with Gasteiger partial charge >= 0.3 is 12.5 Å². The topological polar surface area (TPSA) is 94.6 Å². The molecular weight excluding hydrogens is 290 g/mol. The number of furan rings is 1. The Morgan fingerprint density at radius 2 is 1.90 bits per heavy atom. The summed E-state index contributed by atoms with van der Waals surface area (Å²) in [4.78, 5) is 21.4. The molecule has 110 valence electrons. The van der Waals surface area contributed by atoms with E-state index >= 15 is 0 Å². The van der Waals surface area contributed by atoms with Crippen molar-refractivity contribution in [2.45, 2.75) is 6.61 Å². The summed E-state index contributed by atoms with van der Waals surface area (Å²) in [5.74, 6) is -1.56. The quantitative estimate of drug-likeness (QED) is 0.676. The van der Waals surface area contributed by atoms with Crippen molar-refractivity contribution < 1.29 is 27.7 Å². The van der Waals surface area contributed by atoms with Crippen molar-refractivity contribution in [2.75, 3.05) is 5.32 Å². The SMILES string of the molecule is O=C(Nc1ccc(OC(F)F)cc1)c1ccc([N+](=O)[O-])o1. The number of anilines is 1. The second-order valence-corrected chi connectivity index (χ2v) is 3.75. The lowest BCUT2D eigenvalue weighted by molar-refractivity contribution is -0.402. The van der Waals surface area contributed by atoms with Crippen LogP contribution >= 0.6 is 0 Å². The maximum absolute atomic E-state index is 12.0. The fourth-order valence-electron chi connectivity index (χ4n) is 1.46. The number of ether oxygens (including phenoxy) is 1. The van der Waals surface area contributed by atoms with E-state index in [-0.39, 0.29) is 11.5 Å². The molecule has 21 heavy (non-hydrogen) atoms. The first kappa shape index (κ1) is 14.4. The fourth-order valence-corrected chi connectivity index (χ4v) is 1.46. The minimum atomic E-state index is -2.94. The maximum atomic E-state index is 12.0. The highest BCUT2D eigenvalue weighted by Crippen LogP contribution is 2.20. The number of nitrogens with zero attached hydrogens (tertiary/aromatic N) is 1. The van der Waals surface area contributed by atoms with Crippen LogP contribution in [0.3, 0.4) is 0 Å². The maximum Gasteiger partial charge on any atom is 0.433 e. The molecule has 1 aromatic carbocycles. The van der Waals surface area contributed by atoms with Gasteiger partial charge in [-0.1, -0.05) is 0 Å². The van der Waals surface area contributed by atoms with Crippen LogP contribution in [0, 0.1) is 10.1 Å². The highest BCUT2D eigenvalue weighted by molar-refractivity contribution is 6.02. The van der Waals surface area contributed by atoms with Gasteiger partial charge < -0.3 is 14.5 Å². The van der Waals surface area contributed by atoms with Gasteiger partial charge in [-0.3, -0.25) is 14.9 Å². The molecule has 1 N–H and O–H groups in total. The van der Waals surface area contributed by atoms with Gasteiger partial charge in [0.2, 0.25) is 0 Å². The van der Waals surface area contributed by atoms with E-state index in [1.807, 2.05) is 0 Å². The Kier molecular flexibility index (Phi) is 4.12. The normalized spacial score (nSPS) is 10.4. The number of nitrogens with one attached hydrogen (secondary N) is 1. The summed E-state index contributed by atoms with van der Waals surface area (Å²) in [6.45, 7) is -2.94. The molecule has 2 aromatic rings. The number of halogens is 2. The molecule has 0 fully saturated rings. The molecule has 0 radical (unpaired) electrons. The lowest BCUT2D eigenvalue weighted by atomic mass is 10.3. The first-order valence-corrected chi connectivity index (χ1v) is 5.56. The van der Waals surface area contributed by atoms with E-state index in [0.29, 0.717) is 5.69 Å². The van der Waals surface area contributed by atoms with Crippen LogP contribution in [0.1, 0.15) is 10.6 Å². The predicted molar refractivity (Wildman–Crippen MR) is 66.4 cm³/mol. The molecule has 0 aliphatic carbocycles. The summed E-state index contributed by atoms with van der Waals surface area (Å²) in [6.07, 6.45) is 0. The Hall–Kier alpha value is -2.97.